The molecule has 0 atom stereocenters. The van der Waals surface area contributed by atoms with E-state index in [9.17, 15) is 0 Å². The van der Waals surface area contributed by atoms with Crippen molar-refractivity contribution in [3.63, 3.8) is 0 Å². The minimum atomic E-state index is 0.820. The molecule has 2 aromatic heterocycles. The van der Waals surface area contributed by atoms with Gasteiger partial charge in [-0.2, -0.15) is 0 Å². The normalized spacial score (nSPS) is 10.1. The molecule has 2 heteroatoms. The molecule has 0 bridgehead atoms. The summed E-state index contributed by atoms with van der Waals surface area (Å²) in [7, 11) is 0. The van der Waals surface area contributed by atoms with Crippen LogP contribution < -0.4 is 0 Å². The summed E-state index contributed by atoms with van der Waals surface area (Å²) in [6.45, 7) is 5.91. The molecule has 0 N–H and O–H groups in total. The van der Waals surface area contributed by atoms with Gasteiger partial charge < -0.3 is 0 Å². The highest BCUT2D eigenvalue weighted by atomic mass is 14.8. The topological polar surface area (TPSA) is 25.8 Å². The third-order valence-corrected chi connectivity index (χ3v) is 2.22. The fourth-order valence-electron chi connectivity index (χ4n) is 1.54. The smallest absolute Gasteiger partial charge is 0.0889 e. The monoisotopic (exact) mass is 210 g/mol. The summed E-state index contributed by atoms with van der Waals surface area (Å²) in [6, 6.07) is 11.8. The summed E-state index contributed by atoms with van der Waals surface area (Å²) in [6.07, 6.45) is 2.60. The molecule has 0 fully saturated rings. The van der Waals surface area contributed by atoms with E-state index < -0.39 is 0 Å². The molecule has 16 heavy (non-hydrogen) atoms. The van der Waals surface area contributed by atoms with Gasteiger partial charge in [0.25, 0.3) is 0 Å². The molecule has 2 heterocycles. The van der Waals surface area contributed by atoms with E-state index in [0.29, 0.717) is 0 Å². The van der Waals surface area contributed by atoms with Crippen LogP contribution in [0.2, 0.25) is 0 Å². The van der Waals surface area contributed by atoms with Crippen molar-refractivity contribution in [1.29, 1.82) is 0 Å². The highest BCUT2D eigenvalue weighted by molar-refractivity contribution is 5.53. The Kier molecular flexibility index (Phi) is 3.10. The number of rotatable bonds is 3. The van der Waals surface area contributed by atoms with Gasteiger partial charge in [-0.15, -0.1) is 0 Å². The Morgan fingerprint density at radius 2 is 1.94 bits per heavy atom. The molecule has 0 aromatic carbocycles. The van der Waals surface area contributed by atoms with Crippen molar-refractivity contribution in [2.45, 2.75) is 13.3 Å². The summed E-state index contributed by atoms with van der Waals surface area (Å²) in [4.78, 5) is 8.84. The predicted molar refractivity (Wildman–Crippen MR) is 66.0 cm³/mol. The first-order valence-corrected chi connectivity index (χ1v) is 5.27. The molecule has 0 spiro atoms. The van der Waals surface area contributed by atoms with E-state index in [1.807, 2.05) is 43.3 Å². The van der Waals surface area contributed by atoms with Crippen LogP contribution in [-0.2, 0) is 6.42 Å². The van der Waals surface area contributed by atoms with Crippen LogP contribution in [0.1, 0.15) is 12.6 Å². The Morgan fingerprint density at radius 3 is 2.62 bits per heavy atom. The van der Waals surface area contributed by atoms with Crippen LogP contribution in [0.5, 0.6) is 0 Å². The fourth-order valence-corrected chi connectivity index (χ4v) is 1.54. The van der Waals surface area contributed by atoms with Crippen LogP contribution in [0.15, 0.2) is 54.7 Å². The number of pyridine rings is 2. The summed E-state index contributed by atoms with van der Waals surface area (Å²) in [5.41, 5.74) is 3.98. The third kappa shape index (κ3) is 2.54. The van der Waals surface area contributed by atoms with E-state index in [0.717, 1.165) is 29.1 Å². The average Bonchev–Trinajstić information content (AvgIpc) is 2.30. The summed E-state index contributed by atoms with van der Waals surface area (Å²) < 4.78 is 0. The molecule has 0 aliphatic heterocycles. The van der Waals surface area contributed by atoms with Gasteiger partial charge in [-0.1, -0.05) is 24.3 Å². The molecule has 0 amide bonds. The molecule has 0 aliphatic carbocycles. The van der Waals surface area contributed by atoms with Crippen molar-refractivity contribution in [2.75, 3.05) is 0 Å². The predicted octanol–water partition coefficient (Wildman–Crippen LogP) is 3.26. The number of hydrogen-bond acceptors (Lipinski definition) is 2. The maximum absolute atomic E-state index is 4.56. The zero-order valence-corrected chi connectivity index (χ0v) is 9.35. The largest absolute Gasteiger partial charge is 0.255 e. The van der Waals surface area contributed by atoms with Gasteiger partial charge in [0.2, 0.25) is 0 Å². The highest BCUT2D eigenvalue weighted by Crippen LogP contribution is 2.14. The lowest BCUT2D eigenvalue weighted by molar-refractivity contribution is 1.05. The summed E-state index contributed by atoms with van der Waals surface area (Å²) in [5.74, 6) is 0. The highest BCUT2D eigenvalue weighted by Gasteiger charge is 2.01. The molecule has 2 rings (SSSR count). The van der Waals surface area contributed by atoms with Gasteiger partial charge in [0.1, 0.15) is 0 Å². The number of hydrogen-bond donors (Lipinski definition) is 0. The van der Waals surface area contributed by atoms with Crippen molar-refractivity contribution >= 4 is 0 Å². The lowest BCUT2D eigenvalue weighted by atomic mass is 10.1. The molecule has 80 valence electrons. The van der Waals surface area contributed by atoms with Gasteiger partial charge in [-0.3, -0.25) is 9.97 Å². The summed E-state index contributed by atoms with van der Waals surface area (Å²) >= 11 is 0. The lowest BCUT2D eigenvalue weighted by Gasteiger charge is -2.03. The first-order chi connectivity index (χ1) is 7.75. The second kappa shape index (κ2) is 4.71. The second-order valence-electron chi connectivity index (χ2n) is 3.86. The molecule has 0 radical (unpaired) electrons. The van der Waals surface area contributed by atoms with Crippen LogP contribution in [0.25, 0.3) is 11.4 Å². The maximum atomic E-state index is 4.56. The molecule has 0 saturated carbocycles. The van der Waals surface area contributed by atoms with E-state index in [1.54, 1.807) is 6.20 Å². The van der Waals surface area contributed by atoms with Crippen molar-refractivity contribution in [1.82, 2.24) is 9.97 Å². The van der Waals surface area contributed by atoms with Gasteiger partial charge in [0.05, 0.1) is 11.4 Å². The molecule has 2 nitrogen and oxygen atoms in total. The number of aromatic nitrogens is 2. The van der Waals surface area contributed by atoms with Crippen molar-refractivity contribution < 1.29 is 0 Å². The number of nitrogens with zero attached hydrogens (tertiary/aromatic N) is 2. The fraction of sp³-hybridized carbons (Fsp3) is 0.143. The number of allylic oxidation sites excluding steroid dienone is 1. The SMILES string of the molecule is C=C(C)Cc1cccc(-c2ccccn2)n1. The first kappa shape index (κ1) is 10.6. The molecular weight excluding hydrogens is 196 g/mol. The van der Waals surface area contributed by atoms with E-state index in [1.165, 1.54) is 0 Å². The Labute approximate surface area is 95.7 Å². The molecule has 0 unspecified atom stereocenters. The first-order valence-electron chi connectivity index (χ1n) is 5.27. The molecule has 2 aromatic rings. The van der Waals surface area contributed by atoms with Crippen LogP contribution >= 0.6 is 0 Å². The van der Waals surface area contributed by atoms with E-state index in [2.05, 4.69) is 16.5 Å². The summed E-state index contributed by atoms with van der Waals surface area (Å²) in [5, 5.41) is 0. The average molecular weight is 210 g/mol. The molecule has 0 aliphatic rings. The Morgan fingerprint density at radius 1 is 1.12 bits per heavy atom. The van der Waals surface area contributed by atoms with Gasteiger partial charge >= 0.3 is 0 Å². The minimum Gasteiger partial charge on any atom is -0.255 e. The van der Waals surface area contributed by atoms with Crippen LogP contribution in [0, 0.1) is 0 Å². The van der Waals surface area contributed by atoms with Gasteiger partial charge in [-0.25, -0.2) is 0 Å². The maximum Gasteiger partial charge on any atom is 0.0889 e. The molecule has 0 saturated heterocycles. The quantitative estimate of drug-likeness (QED) is 0.727. The third-order valence-electron chi connectivity index (χ3n) is 2.22. The van der Waals surface area contributed by atoms with Gasteiger partial charge in [0, 0.05) is 18.3 Å². The van der Waals surface area contributed by atoms with Gasteiger partial charge in [0.15, 0.2) is 0 Å². The van der Waals surface area contributed by atoms with E-state index in [4.69, 9.17) is 0 Å². The standard InChI is InChI=1S/C14H14N2/c1-11(2)10-12-6-5-8-14(16-12)13-7-3-4-9-15-13/h3-9H,1,10H2,2H3. The Bertz CT molecular complexity index is 489. The second-order valence-corrected chi connectivity index (χ2v) is 3.86. The van der Waals surface area contributed by atoms with Gasteiger partial charge in [-0.05, 0) is 31.2 Å². The zero-order chi connectivity index (χ0) is 11.4. The zero-order valence-electron chi connectivity index (χ0n) is 9.35. The minimum absolute atomic E-state index is 0.820. The van der Waals surface area contributed by atoms with Crippen LogP contribution in [-0.4, -0.2) is 9.97 Å². The Hall–Kier alpha value is -1.96. The van der Waals surface area contributed by atoms with Crippen molar-refractivity contribution in [3.05, 3.63) is 60.4 Å². The van der Waals surface area contributed by atoms with Crippen molar-refractivity contribution in [2.24, 2.45) is 0 Å². The van der Waals surface area contributed by atoms with Crippen LogP contribution in [0.3, 0.4) is 0 Å². The van der Waals surface area contributed by atoms with Crippen molar-refractivity contribution in [3.8, 4) is 11.4 Å². The van der Waals surface area contributed by atoms with E-state index >= 15 is 0 Å². The molecular formula is C14H14N2. The van der Waals surface area contributed by atoms with E-state index in [-0.39, 0.29) is 0 Å². The van der Waals surface area contributed by atoms with Crippen LogP contribution in [0.4, 0.5) is 0 Å². The Balaban J connectivity index is 2.33. The lowest BCUT2D eigenvalue weighted by Crippen LogP contribution is -1.93.